The molecule has 2 aromatic carbocycles. The van der Waals surface area contributed by atoms with Crippen LogP contribution in [-0.2, 0) is 14.3 Å². The number of carbonyl (C=O) groups excluding carboxylic acids is 3. The molecule has 3 rings (SSSR count). The Labute approximate surface area is 236 Å². The third-order valence-corrected chi connectivity index (χ3v) is 6.92. The van der Waals surface area contributed by atoms with Gasteiger partial charge in [0.1, 0.15) is 23.4 Å². The molecule has 1 aliphatic carbocycles. The number of anilines is 1. The van der Waals surface area contributed by atoms with Crippen LogP contribution in [-0.4, -0.2) is 45.6 Å². The van der Waals surface area contributed by atoms with Crippen molar-refractivity contribution in [2.45, 2.75) is 85.0 Å². The molecule has 8 nitrogen and oxygen atoms in total. The molecule has 212 valence electrons. The van der Waals surface area contributed by atoms with Crippen LogP contribution < -0.4 is 10.6 Å². The van der Waals surface area contributed by atoms with E-state index in [9.17, 15) is 19.5 Å². The number of carbonyl (C=O) groups is 3. The molecule has 2 aromatic rings. The number of halogens is 1. The van der Waals surface area contributed by atoms with Gasteiger partial charge in [0.2, 0.25) is 5.91 Å². The molecular formula is C30H40ClN3O5. The molecule has 0 radical (unpaired) electrons. The van der Waals surface area contributed by atoms with Crippen molar-refractivity contribution in [1.29, 1.82) is 0 Å². The third kappa shape index (κ3) is 7.88. The van der Waals surface area contributed by atoms with Gasteiger partial charge in [-0.15, -0.1) is 0 Å². The van der Waals surface area contributed by atoms with Crippen molar-refractivity contribution in [3.05, 3.63) is 58.6 Å². The summed E-state index contributed by atoms with van der Waals surface area (Å²) in [6, 6.07) is 9.41. The maximum absolute atomic E-state index is 14.3. The van der Waals surface area contributed by atoms with E-state index in [0.717, 1.165) is 5.56 Å². The fourth-order valence-corrected chi connectivity index (χ4v) is 4.88. The van der Waals surface area contributed by atoms with Crippen molar-refractivity contribution in [2.75, 3.05) is 5.32 Å². The number of nitrogens with one attached hydrogen (secondary N) is 2. The van der Waals surface area contributed by atoms with Gasteiger partial charge >= 0.3 is 6.09 Å². The Hall–Kier alpha value is -3.26. The van der Waals surface area contributed by atoms with E-state index in [0.29, 0.717) is 23.6 Å². The Kier molecular flexibility index (Phi) is 9.54. The minimum Gasteiger partial charge on any atom is -0.508 e. The molecule has 0 bridgehead atoms. The second kappa shape index (κ2) is 12.3. The Balaban J connectivity index is 2.07. The molecule has 0 spiro atoms. The third-order valence-electron chi connectivity index (χ3n) is 6.60. The molecule has 3 N–H and O–H groups in total. The van der Waals surface area contributed by atoms with Gasteiger partial charge in [0.15, 0.2) is 0 Å². The smallest absolute Gasteiger partial charge is 0.408 e. The number of hydrogen-bond donors (Lipinski definition) is 3. The number of hydrogen-bond acceptors (Lipinski definition) is 5. The first-order valence-electron chi connectivity index (χ1n) is 13.3. The van der Waals surface area contributed by atoms with Crippen LogP contribution in [0.3, 0.4) is 0 Å². The van der Waals surface area contributed by atoms with Crippen LogP contribution in [0.5, 0.6) is 5.75 Å². The lowest BCUT2D eigenvalue weighted by atomic mass is 9.98. The Bertz CT molecular complexity index is 1190. The summed E-state index contributed by atoms with van der Waals surface area (Å²) in [6.45, 7) is 13.0. The summed E-state index contributed by atoms with van der Waals surface area (Å²) < 4.78 is 5.44. The highest BCUT2D eigenvalue weighted by Gasteiger charge is 2.49. The van der Waals surface area contributed by atoms with Crippen molar-refractivity contribution in [2.24, 2.45) is 11.8 Å². The lowest BCUT2D eigenvalue weighted by Crippen LogP contribution is -2.53. The fraction of sp³-hybridized carbons (Fsp3) is 0.500. The van der Waals surface area contributed by atoms with Crippen molar-refractivity contribution in [3.63, 3.8) is 0 Å². The van der Waals surface area contributed by atoms with E-state index in [1.54, 1.807) is 51.1 Å². The maximum atomic E-state index is 14.3. The number of para-hydroxylation sites is 2. The molecule has 1 aliphatic rings. The number of phenols is 1. The van der Waals surface area contributed by atoms with Gasteiger partial charge in [0.25, 0.3) is 5.91 Å². The van der Waals surface area contributed by atoms with E-state index in [-0.39, 0.29) is 29.2 Å². The van der Waals surface area contributed by atoms with Crippen LogP contribution >= 0.6 is 11.6 Å². The number of aryl methyl sites for hydroxylation is 1. The number of aromatic hydroxyl groups is 1. The molecule has 9 heteroatoms. The molecule has 39 heavy (non-hydrogen) atoms. The molecule has 0 saturated heterocycles. The number of phenolic OH excluding ortho intramolecular Hbond substituents is 1. The number of benzene rings is 2. The molecule has 3 amide bonds. The van der Waals surface area contributed by atoms with Crippen LogP contribution in [0, 0.1) is 18.8 Å². The van der Waals surface area contributed by atoms with Gasteiger partial charge in [0.05, 0.1) is 10.7 Å². The summed E-state index contributed by atoms with van der Waals surface area (Å²) in [4.78, 5) is 42.6. The SMILES string of the molecule is Cc1cccc(Cl)c1NC(=O)C(c1ccccc1O)N(C(=O)C(CC(C)C)NC(=O)OC(C)(C)C)C1CC1C. The number of amides is 3. The lowest BCUT2D eigenvalue weighted by Gasteiger charge is -2.35. The summed E-state index contributed by atoms with van der Waals surface area (Å²) in [5.41, 5.74) is 0.735. The average molecular weight is 558 g/mol. The summed E-state index contributed by atoms with van der Waals surface area (Å²) in [6.07, 6.45) is 0.323. The summed E-state index contributed by atoms with van der Waals surface area (Å²) in [5, 5.41) is 16.8. The zero-order valence-electron chi connectivity index (χ0n) is 23.7. The molecular weight excluding hydrogens is 518 g/mol. The topological polar surface area (TPSA) is 108 Å². The fourth-order valence-electron chi connectivity index (χ4n) is 4.61. The largest absolute Gasteiger partial charge is 0.508 e. The van der Waals surface area contributed by atoms with Gasteiger partial charge in [-0.25, -0.2) is 4.79 Å². The highest BCUT2D eigenvalue weighted by Crippen LogP contribution is 2.43. The van der Waals surface area contributed by atoms with E-state index in [1.165, 1.54) is 11.0 Å². The minimum absolute atomic E-state index is 0.0653. The summed E-state index contributed by atoms with van der Waals surface area (Å²) in [5.74, 6) is -0.835. The monoisotopic (exact) mass is 557 g/mol. The zero-order chi connectivity index (χ0) is 29.1. The van der Waals surface area contributed by atoms with Gasteiger partial charge in [0, 0.05) is 11.6 Å². The van der Waals surface area contributed by atoms with E-state index >= 15 is 0 Å². The number of nitrogens with zero attached hydrogens (tertiary/aromatic N) is 1. The lowest BCUT2D eigenvalue weighted by molar-refractivity contribution is -0.142. The average Bonchev–Trinajstić information content (AvgIpc) is 3.53. The highest BCUT2D eigenvalue weighted by molar-refractivity contribution is 6.34. The number of alkyl carbamates (subject to hydrolysis) is 1. The quantitative estimate of drug-likeness (QED) is 0.340. The molecule has 0 heterocycles. The Morgan fingerprint density at radius 3 is 2.31 bits per heavy atom. The number of rotatable bonds is 9. The molecule has 1 fully saturated rings. The second-order valence-electron chi connectivity index (χ2n) is 11.7. The minimum atomic E-state index is -1.17. The molecule has 1 saturated carbocycles. The van der Waals surface area contributed by atoms with E-state index in [4.69, 9.17) is 16.3 Å². The van der Waals surface area contributed by atoms with Crippen LogP contribution in [0.15, 0.2) is 42.5 Å². The van der Waals surface area contributed by atoms with Crippen molar-refractivity contribution in [3.8, 4) is 5.75 Å². The van der Waals surface area contributed by atoms with Crippen molar-refractivity contribution >= 4 is 35.2 Å². The maximum Gasteiger partial charge on any atom is 0.408 e. The van der Waals surface area contributed by atoms with Crippen LogP contribution in [0.4, 0.5) is 10.5 Å². The zero-order valence-corrected chi connectivity index (χ0v) is 24.5. The standard InChI is InChI=1S/C30H40ClN3O5/c1-17(2)15-22(32-29(38)39-30(5,6)7)28(37)34(23-16-19(23)4)26(20-12-8-9-14-24(20)35)27(36)33-25-18(3)11-10-13-21(25)31/h8-14,17,19,22-23,26,35H,15-16H2,1-7H3,(H,32,38)(H,33,36). The Morgan fingerprint density at radius 1 is 1.13 bits per heavy atom. The van der Waals surface area contributed by atoms with Gasteiger partial charge in [-0.1, -0.05) is 62.7 Å². The van der Waals surface area contributed by atoms with Gasteiger partial charge in [-0.3, -0.25) is 9.59 Å². The van der Waals surface area contributed by atoms with E-state index in [2.05, 4.69) is 10.6 Å². The van der Waals surface area contributed by atoms with Crippen molar-refractivity contribution in [1.82, 2.24) is 10.2 Å². The highest BCUT2D eigenvalue weighted by atomic mass is 35.5. The Morgan fingerprint density at radius 2 is 1.77 bits per heavy atom. The first-order chi connectivity index (χ1) is 18.2. The van der Waals surface area contributed by atoms with Crippen LogP contribution in [0.1, 0.15) is 71.6 Å². The predicted octanol–water partition coefficient (Wildman–Crippen LogP) is 6.21. The first-order valence-corrected chi connectivity index (χ1v) is 13.7. The van der Waals surface area contributed by atoms with Crippen molar-refractivity contribution < 1.29 is 24.2 Å². The predicted molar refractivity (Wildman–Crippen MR) is 153 cm³/mol. The molecule has 4 atom stereocenters. The molecule has 4 unspecified atom stereocenters. The normalized spacial score (nSPS) is 18.2. The van der Waals surface area contributed by atoms with Crippen LogP contribution in [0.25, 0.3) is 0 Å². The molecule has 0 aromatic heterocycles. The number of ether oxygens (including phenoxy) is 1. The van der Waals surface area contributed by atoms with Gasteiger partial charge in [-0.2, -0.15) is 0 Å². The van der Waals surface area contributed by atoms with E-state index in [1.807, 2.05) is 33.8 Å². The second-order valence-corrected chi connectivity index (χ2v) is 12.1. The molecule has 0 aliphatic heterocycles. The first kappa shape index (κ1) is 30.3. The van der Waals surface area contributed by atoms with Gasteiger partial charge < -0.3 is 25.4 Å². The van der Waals surface area contributed by atoms with Gasteiger partial charge in [-0.05, 0) is 70.1 Å². The van der Waals surface area contributed by atoms with E-state index < -0.39 is 35.6 Å². The summed E-state index contributed by atoms with van der Waals surface area (Å²) >= 11 is 6.41. The van der Waals surface area contributed by atoms with Crippen LogP contribution in [0.2, 0.25) is 5.02 Å². The summed E-state index contributed by atoms with van der Waals surface area (Å²) in [7, 11) is 0.